The van der Waals surface area contributed by atoms with Gasteiger partial charge in [0.15, 0.2) is 17.2 Å². The van der Waals surface area contributed by atoms with Crippen molar-refractivity contribution in [2.45, 2.75) is 37.8 Å². The number of nitrogens with zero attached hydrogens (tertiary/aromatic N) is 4. The van der Waals surface area contributed by atoms with E-state index in [9.17, 15) is 26.7 Å². The minimum absolute atomic E-state index is 0.0450. The van der Waals surface area contributed by atoms with E-state index in [0.29, 0.717) is 18.6 Å². The topological polar surface area (TPSA) is 78.7 Å². The molecule has 1 atom stereocenters. The summed E-state index contributed by atoms with van der Waals surface area (Å²) in [7, 11) is 1.43. The minimum atomic E-state index is -4.70. The molecule has 0 N–H and O–H groups in total. The Bertz CT molecular complexity index is 1620. The van der Waals surface area contributed by atoms with Gasteiger partial charge >= 0.3 is 12.5 Å². The van der Waals surface area contributed by atoms with Gasteiger partial charge < -0.3 is 19.1 Å². The maximum Gasteiger partial charge on any atom is 0.586 e. The Balaban J connectivity index is 1.36. The Morgan fingerprint density at radius 3 is 2.66 bits per heavy atom. The van der Waals surface area contributed by atoms with Crippen molar-refractivity contribution in [3.8, 4) is 22.9 Å². The second-order valence-corrected chi connectivity index (χ2v) is 9.52. The van der Waals surface area contributed by atoms with Gasteiger partial charge in [0.25, 0.3) is 5.91 Å². The third kappa shape index (κ3) is 5.03. The van der Waals surface area contributed by atoms with E-state index in [2.05, 4.69) is 19.6 Å². The van der Waals surface area contributed by atoms with Crippen LogP contribution in [0.3, 0.4) is 0 Å². The summed E-state index contributed by atoms with van der Waals surface area (Å²) < 4.78 is 85.1. The lowest BCUT2D eigenvalue weighted by Crippen LogP contribution is -2.26. The van der Waals surface area contributed by atoms with Crippen LogP contribution in [0.25, 0.3) is 5.69 Å². The van der Waals surface area contributed by atoms with Crippen molar-refractivity contribution in [1.29, 1.82) is 0 Å². The number of amides is 1. The molecule has 0 bridgehead atoms. The SMILES string of the molecule is CN(C(=O)c1cccc(-n2nc(C(F)(F)F)c3c2[C@@H](Oc2cccnc2)CCC3)c1)c1ccc2c(c1)OC(F)(F)O2. The van der Waals surface area contributed by atoms with Gasteiger partial charge in [0.2, 0.25) is 0 Å². The average Bonchev–Trinajstić information content (AvgIpc) is 3.49. The lowest BCUT2D eigenvalue weighted by Gasteiger charge is -2.25. The second kappa shape index (κ2) is 9.75. The lowest BCUT2D eigenvalue weighted by atomic mass is 9.93. The van der Waals surface area contributed by atoms with Crippen LogP contribution in [-0.4, -0.2) is 34.0 Å². The predicted octanol–water partition coefficient (Wildman–Crippen LogP) is 6.34. The van der Waals surface area contributed by atoms with Gasteiger partial charge in [0.1, 0.15) is 11.9 Å². The van der Waals surface area contributed by atoms with Crippen LogP contribution in [0.15, 0.2) is 67.0 Å². The van der Waals surface area contributed by atoms with Crippen molar-refractivity contribution < 1.29 is 41.0 Å². The molecule has 13 heteroatoms. The quantitative estimate of drug-likeness (QED) is 0.260. The molecule has 2 aromatic carbocycles. The molecular weight excluding hydrogens is 551 g/mol. The number of halogens is 5. The number of hydrogen-bond acceptors (Lipinski definition) is 6. The summed E-state index contributed by atoms with van der Waals surface area (Å²) in [6, 6.07) is 13.2. The molecule has 1 amide bonds. The zero-order valence-corrected chi connectivity index (χ0v) is 21.4. The lowest BCUT2D eigenvalue weighted by molar-refractivity contribution is -0.286. The first kappa shape index (κ1) is 26.5. The Kier molecular flexibility index (Phi) is 6.31. The van der Waals surface area contributed by atoms with E-state index in [-0.39, 0.29) is 46.1 Å². The van der Waals surface area contributed by atoms with Crippen molar-refractivity contribution in [3.63, 3.8) is 0 Å². The van der Waals surface area contributed by atoms with E-state index in [1.54, 1.807) is 24.4 Å². The number of carbonyl (C=O) groups is 1. The number of rotatable bonds is 5. The van der Waals surface area contributed by atoms with Gasteiger partial charge in [-0.3, -0.25) is 9.78 Å². The second-order valence-electron chi connectivity index (χ2n) is 9.52. The van der Waals surface area contributed by atoms with Gasteiger partial charge in [-0.25, -0.2) is 4.68 Å². The highest BCUT2D eigenvalue weighted by atomic mass is 19.4. The Morgan fingerprint density at radius 2 is 1.90 bits per heavy atom. The molecule has 6 rings (SSSR count). The molecule has 212 valence electrons. The molecule has 0 unspecified atom stereocenters. The van der Waals surface area contributed by atoms with Crippen LogP contribution in [0.5, 0.6) is 17.2 Å². The molecule has 2 aliphatic rings. The number of aromatic nitrogens is 3. The highest BCUT2D eigenvalue weighted by molar-refractivity contribution is 6.06. The number of fused-ring (bicyclic) bond motifs is 2. The molecule has 0 saturated carbocycles. The zero-order chi connectivity index (χ0) is 28.9. The van der Waals surface area contributed by atoms with Crippen LogP contribution >= 0.6 is 0 Å². The van der Waals surface area contributed by atoms with Gasteiger partial charge in [-0.1, -0.05) is 6.07 Å². The smallest absolute Gasteiger partial charge is 0.482 e. The molecule has 41 heavy (non-hydrogen) atoms. The number of hydrogen-bond donors (Lipinski definition) is 0. The predicted molar refractivity (Wildman–Crippen MR) is 134 cm³/mol. The zero-order valence-electron chi connectivity index (χ0n) is 21.4. The van der Waals surface area contributed by atoms with Gasteiger partial charge in [0, 0.05) is 36.1 Å². The molecule has 0 spiro atoms. The van der Waals surface area contributed by atoms with Gasteiger partial charge in [0.05, 0.1) is 17.6 Å². The highest BCUT2D eigenvalue weighted by Crippen LogP contribution is 2.44. The molecular formula is C28H21F5N4O4. The normalized spacial score (nSPS) is 17.2. The summed E-state index contributed by atoms with van der Waals surface area (Å²) in [5.41, 5.74) is -0.112. The van der Waals surface area contributed by atoms with Crippen LogP contribution in [0.1, 0.15) is 46.3 Å². The Hall–Kier alpha value is -4.68. The van der Waals surface area contributed by atoms with Crippen molar-refractivity contribution in [2.75, 3.05) is 11.9 Å². The molecule has 0 radical (unpaired) electrons. The van der Waals surface area contributed by atoms with Crippen molar-refractivity contribution >= 4 is 11.6 Å². The highest BCUT2D eigenvalue weighted by Gasteiger charge is 2.44. The van der Waals surface area contributed by atoms with E-state index in [1.807, 2.05) is 0 Å². The number of pyridine rings is 1. The number of carbonyl (C=O) groups excluding carboxylic acids is 1. The molecule has 0 saturated heterocycles. The molecule has 8 nitrogen and oxygen atoms in total. The fourth-order valence-electron chi connectivity index (χ4n) is 4.99. The van der Waals surface area contributed by atoms with E-state index < -0.39 is 30.2 Å². The monoisotopic (exact) mass is 572 g/mol. The van der Waals surface area contributed by atoms with Crippen LogP contribution in [0.2, 0.25) is 0 Å². The van der Waals surface area contributed by atoms with Gasteiger partial charge in [-0.15, -0.1) is 8.78 Å². The van der Waals surface area contributed by atoms with Crippen molar-refractivity contribution in [3.05, 3.63) is 89.5 Å². The summed E-state index contributed by atoms with van der Waals surface area (Å²) in [6.07, 6.45) is -5.12. The third-order valence-electron chi connectivity index (χ3n) is 6.82. The van der Waals surface area contributed by atoms with Crippen molar-refractivity contribution in [2.24, 2.45) is 0 Å². The summed E-state index contributed by atoms with van der Waals surface area (Å²) >= 11 is 0. The Morgan fingerprint density at radius 1 is 1.10 bits per heavy atom. The minimum Gasteiger partial charge on any atom is -0.482 e. The van der Waals surface area contributed by atoms with E-state index >= 15 is 0 Å². The largest absolute Gasteiger partial charge is 0.586 e. The first-order chi connectivity index (χ1) is 19.5. The van der Waals surface area contributed by atoms with Crippen molar-refractivity contribution in [1.82, 2.24) is 14.8 Å². The molecule has 1 aliphatic heterocycles. The molecule has 4 aromatic rings. The first-order valence-corrected chi connectivity index (χ1v) is 12.5. The van der Waals surface area contributed by atoms with Gasteiger partial charge in [-0.2, -0.15) is 18.3 Å². The van der Waals surface area contributed by atoms with Crippen LogP contribution in [0.4, 0.5) is 27.6 Å². The fraction of sp³-hybridized carbons (Fsp3) is 0.250. The summed E-state index contributed by atoms with van der Waals surface area (Å²) in [4.78, 5) is 18.6. The van der Waals surface area contributed by atoms with Gasteiger partial charge in [-0.05, 0) is 61.7 Å². The summed E-state index contributed by atoms with van der Waals surface area (Å²) in [6.45, 7) is 0. The molecule has 3 heterocycles. The maximum absolute atomic E-state index is 14.0. The molecule has 2 aromatic heterocycles. The standard InChI is InChI=1S/C28H21F5N4O4/c1-36(17-10-11-21-23(14-17)41-28(32,33)40-21)26(38)16-5-2-6-18(13-16)37-24-20(25(35-37)27(29,30)31)8-3-9-22(24)39-19-7-4-12-34-15-19/h2,4-7,10-15,22H,3,8-9H2,1H3/t22-/m0/s1. The van der Waals surface area contributed by atoms with Crippen LogP contribution in [-0.2, 0) is 12.6 Å². The number of anilines is 1. The van der Waals surface area contributed by atoms with E-state index in [0.717, 1.165) is 0 Å². The average molecular weight is 572 g/mol. The number of alkyl halides is 5. The fourth-order valence-corrected chi connectivity index (χ4v) is 4.99. The van der Waals surface area contributed by atoms with E-state index in [1.165, 1.54) is 59.2 Å². The van der Waals surface area contributed by atoms with E-state index in [4.69, 9.17) is 4.74 Å². The van der Waals surface area contributed by atoms with Crippen LogP contribution in [0, 0.1) is 0 Å². The number of ether oxygens (including phenoxy) is 3. The Labute approximate surface area is 229 Å². The summed E-state index contributed by atoms with van der Waals surface area (Å²) in [5, 5.41) is 3.95. The first-order valence-electron chi connectivity index (χ1n) is 12.5. The maximum atomic E-state index is 14.0. The number of benzene rings is 2. The molecule has 0 fully saturated rings. The third-order valence-corrected chi connectivity index (χ3v) is 6.82. The van der Waals surface area contributed by atoms with Crippen LogP contribution < -0.4 is 19.1 Å². The summed E-state index contributed by atoms with van der Waals surface area (Å²) in [5.74, 6) is -0.548. The molecule has 1 aliphatic carbocycles.